The van der Waals surface area contributed by atoms with Crippen LogP contribution in [-0.2, 0) is 26.2 Å². The van der Waals surface area contributed by atoms with Crippen molar-refractivity contribution in [3.8, 4) is 22.3 Å². The number of fused-ring (bicyclic) bond motifs is 10. The summed E-state index contributed by atoms with van der Waals surface area (Å²) in [6.45, 7) is 7.91. The molecule has 0 atom stereocenters. The molecule has 0 radical (unpaired) electrons. The number of hydrogen-bond acceptors (Lipinski definition) is 4. The summed E-state index contributed by atoms with van der Waals surface area (Å²) in [7, 11) is 0. The highest BCUT2D eigenvalue weighted by Gasteiger charge is 2.15. The smallest absolute Gasteiger partial charge is 0.0211 e. The van der Waals surface area contributed by atoms with Crippen LogP contribution in [-0.4, -0.2) is 26.2 Å². The van der Waals surface area contributed by atoms with Crippen LogP contribution in [0.25, 0.3) is 22.3 Å². The van der Waals surface area contributed by atoms with E-state index in [0.29, 0.717) is 0 Å². The number of rotatable bonds is 0. The average Bonchev–Trinajstić information content (AvgIpc) is 3.13. The summed E-state index contributed by atoms with van der Waals surface area (Å²) >= 11 is 0. The van der Waals surface area contributed by atoms with Crippen molar-refractivity contribution >= 4 is 0 Å². The second-order valence-electron chi connectivity index (χ2n) is 9.99. The highest BCUT2D eigenvalue weighted by molar-refractivity contribution is 5.75. The molecule has 0 fully saturated rings. The maximum atomic E-state index is 3.69. The zero-order valence-corrected chi connectivity index (χ0v) is 21.4. The Kier molecular flexibility index (Phi) is 8.98. The zero-order valence-electron chi connectivity index (χ0n) is 21.4. The lowest BCUT2D eigenvalue weighted by Gasteiger charge is -2.08. The average molecular weight is 481 g/mol. The highest BCUT2D eigenvalue weighted by atomic mass is 14.9. The quantitative estimate of drug-likeness (QED) is 0.267. The predicted molar refractivity (Wildman–Crippen MR) is 151 cm³/mol. The van der Waals surface area contributed by atoms with Crippen LogP contribution in [0.5, 0.6) is 0 Å². The molecule has 36 heavy (non-hydrogen) atoms. The molecule has 0 aromatic carbocycles. The minimum atomic E-state index is 0.929. The summed E-state index contributed by atoms with van der Waals surface area (Å²) in [6, 6.07) is 26.8. The molecule has 0 saturated heterocycles. The van der Waals surface area contributed by atoms with E-state index in [9.17, 15) is 0 Å². The molecule has 4 heteroatoms. The van der Waals surface area contributed by atoms with Crippen molar-refractivity contribution in [3.05, 3.63) is 95.1 Å². The van der Waals surface area contributed by atoms with Gasteiger partial charge in [-0.3, -0.25) is 0 Å². The molecule has 5 aliphatic rings. The van der Waals surface area contributed by atoms with Crippen molar-refractivity contribution in [1.29, 1.82) is 0 Å². The highest BCUT2D eigenvalue weighted by Crippen LogP contribution is 2.33. The standard InChI is InChI=1S/C32H40N4/c1-3-11-29-25-19-26(30(29)12-4-1)22-34-16-8-10-18-36-24-28-20-27(23-35-17-9-7-15-33-21-25)31-13-5-2-6-14-32(28)31/h1-6,11-14,19-20,33-36H,7-10,15-18,21-24H2. The molecule has 4 N–H and O–H groups in total. The van der Waals surface area contributed by atoms with E-state index in [0.717, 1.165) is 52.4 Å². The molecule has 4 bridgehead atoms. The zero-order chi connectivity index (χ0) is 24.4. The minimum absolute atomic E-state index is 0.929. The molecule has 0 unspecified atom stereocenters. The van der Waals surface area contributed by atoms with Crippen molar-refractivity contribution in [2.75, 3.05) is 26.2 Å². The molecule has 0 saturated carbocycles. The molecular formula is C32H40N4. The molecule has 5 rings (SSSR count). The molecular weight excluding hydrogens is 440 g/mol. The summed E-state index contributed by atoms with van der Waals surface area (Å²) in [4.78, 5) is 0. The van der Waals surface area contributed by atoms with Crippen molar-refractivity contribution < 1.29 is 0 Å². The third kappa shape index (κ3) is 6.32. The van der Waals surface area contributed by atoms with Crippen LogP contribution in [0.3, 0.4) is 0 Å². The van der Waals surface area contributed by atoms with Crippen LogP contribution in [0.4, 0.5) is 0 Å². The van der Waals surface area contributed by atoms with E-state index >= 15 is 0 Å². The van der Waals surface area contributed by atoms with Crippen LogP contribution in [0, 0.1) is 0 Å². The largest absolute Gasteiger partial charge is 0.313 e. The molecule has 188 valence electrons. The summed E-state index contributed by atoms with van der Waals surface area (Å²) in [6.07, 6.45) is 4.72. The fourth-order valence-corrected chi connectivity index (χ4v) is 5.42. The lowest BCUT2D eigenvalue weighted by molar-refractivity contribution is 0.579. The van der Waals surface area contributed by atoms with Crippen LogP contribution < -0.4 is 21.3 Å². The van der Waals surface area contributed by atoms with Gasteiger partial charge in [-0.2, -0.15) is 0 Å². The molecule has 0 spiro atoms. The van der Waals surface area contributed by atoms with Gasteiger partial charge in [-0.1, -0.05) is 72.8 Å². The minimum Gasteiger partial charge on any atom is -0.313 e. The van der Waals surface area contributed by atoms with E-state index in [1.54, 1.807) is 0 Å². The fourth-order valence-electron chi connectivity index (χ4n) is 5.42. The first-order valence-electron chi connectivity index (χ1n) is 13.7. The summed E-state index contributed by atoms with van der Waals surface area (Å²) in [5.41, 5.74) is 11.2. The van der Waals surface area contributed by atoms with Gasteiger partial charge in [0, 0.05) is 26.2 Å². The second kappa shape index (κ2) is 13.0. The molecule has 0 amide bonds. The Morgan fingerprint density at radius 3 is 0.917 bits per heavy atom. The lowest BCUT2D eigenvalue weighted by atomic mass is 10.1. The summed E-state index contributed by atoms with van der Waals surface area (Å²) < 4.78 is 0. The third-order valence-corrected chi connectivity index (χ3v) is 7.33. The first-order chi connectivity index (χ1) is 17.9. The van der Waals surface area contributed by atoms with Crippen molar-refractivity contribution in [2.45, 2.75) is 51.9 Å². The molecule has 0 aromatic heterocycles. The Labute approximate surface area is 216 Å². The summed E-state index contributed by atoms with van der Waals surface area (Å²) in [5, 5.41) is 14.8. The van der Waals surface area contributed by atoms with E-state index in [-0.39, 0.29) is 0 Å². The molecule has 1 aliphatic heterocycles. The Morgan fingerprint density at radius 1 is 0.361 bits per heavy atom. The van der Waals surface area contributed by atoms with Crippen LogP contribution >= 0.6 is 0 Å². The van der Waals surface area contributed by atoms with Crippen molar-refractivity contribution in [1.82, 2.24) is 21.3 Å². The first-order valence-corrected chi connectivity index (χ1v) is 13.7. The van der Waals surface area contributed by atoms with Gasteiger partial charge in [-0.15, -0.1) is 0 Å². The van der Waals surface area contributed by atoms with Crippen LogP contribution in [0.15, 0.2) is 72.8 Å². The normalized spacial score (nSPS) is 17.3. The van der Waals surface area contributed by atoms with Gasteiger partial charge in [0.2, 0.25) is 0 Å². The molecule has 4 aliphatic carbocycles. The van der Waals surface area contributed by atoms with Gasteiger partial charge in [-0.05, 0) is 96.4 Å². The van der Waals surface area contributed by atoms with Gasteiger partial charge < -0.3 is 21.3 Å². The van der Waals surface area contributed by atoms with Crippen LogP contribution in [0.2, 0.25) is 0 Å². The van der Waals surface area contributed by atoms with Gasteiger partial charge in [-0.25, -0.2) is 0 Å². The molecule has 0 aromatic rings. The first kappa shape index (κ1) is 24.9. The number of nitrogens with one attached hydrogen (secondary N) is 4. The van der Waals surface area contributed by atoms with Gasteiger partial charge in [0.05, 0.1) is 0 Å². The summed E-state index contributed by atoms with van der Waals surface area (Å²) in [5.74, 6) is 0. The van der Waals surface area contributed by atoms with Gasteiger partial charge in [0.15, 0.2) is 0 Å². The fraction of sp³-hybridized carbons (Fsp3) is 0.375. The topological polar surface area (TPSA) is 48.1 Å². The van der Waals surface area contributed by atoms with E-state index in [4.69, 9.17) is 0 Å². The Bertz CT molecular complexity index is 994. The maximum Gasteiger partial charge on any atom is 0.0211 e. The van der Waals surface area contributed by atoms with E-state index in [2.05, 4.69) is 94.1 Å². The second-order valence-corrected chi connectivity index (χ2v) is 9.99. The molecule has 1 heterocycles. The third-order valence-electron chi connectivity index (χ3n) is 7.33. The lowest BCUT2D eigenvalue weighted by Crippen LogP contribution is -2.19. The Morgan fingerprint density at radius 2 is 0.639 bits per heavy atom. The van der Waals surface area contributed by atoms with Crippen molar-refractivity contribution in [2.24, 2.45) is 0 Å². The Balaban J connectivity index is 1.24. The SMILES string of the molecule is c1ccc2c3cc(c-2cc1)CNCCCCNCc1cc(c2cccccc1-2)CNCCCCNC3. The van der Waals surface area contributed by atoms with E-state index in [1.165, 1.54) is 70.2 Å². The monoisotopic (exact) mass is 480 g/mol. The van der Waals surface area contributed by atoms with Gasteiger partial charge >= 0.3 is 0 Å². The molecule has 4 nitrogen and oxygen atoms in total. The predicted octanol–water partition coefficient (Wildman–Crippen LogP) is 5.53. The van der Waals surface area contributed by atoms with E-state index < -0.39 is 0 Å². The Hall–Kier alpha value is -2.76. The maximum absolute atomic E-state index is 3.69. The van der Waals surface area contributed by atoms with Crippen LogP contribution in [0.1, 0.15) is 47.9 Å². The van der Waals surface area contributed by atoms with Crippen molar-refractivity contribution in [3.63, 3.8) is 0 Å². The van der Waals surface area contributed by atoms with Gasteiger partial charge in [0.25, 0.3) is 0 Å². The number of hydrogen-bond donors (Lipinski definition) is 4. The van der Waals surface area contributed by atoms with Gasteiger partial charge in [0.1, 0.15) is 0 Å². The van der Waals surface area contributed by atoms with E-state index in [1.807, 2.05) is 0 Å².